The second-order valence-electron chi connectivity index (χ2n) is 8.36. The van der Waals surface area contributed by atoms with Crippen molar-refractivity contribution in [3.05, 3.63) is 58.9 Å². The largest absolute Gasteiger partial charge is 0.349 e. The second-order valence-corrected chi connectivity index (χ2v) is 8.36. The van der Waals surface area contributed by atoms with E-state index in [1.165, 1.54) is 6.07 Å². The second kappa shape index (κ2) is 8.36. The van der Waals surface area contributed by atoms with Crippen molar-refractivity contribution < 1.29 is 14.0 Å². The van der Waals surface area contributed by atoms with Gasteiger partial charge in [-0.1, -0.05) is 12.1 Å². The van der Waals surface area contributed by atoms with Crippen molar-refractivity contribution in [3.63, 3.8) is 0 Å². The van der Waals surface area contributed by atoms with Gasteiger partial charge in [0.25, 0.3) is 11.8 Å². The van der Waals surface area contributed by atoms with Crippen LogP contribution in [0.15, 0.2) is 36.4 Å². The molecular formula is C24H29FN2O2. The van der Waals surface area contributed by atoms with Crippen LogP contribution < -0.4 is 5.32 Å². The average molecular weight is 397 g/mol. The molecule has 1 aliphatic rings. The molecule has 0 bridgehead atoms. The van der Waals surface area contributed by atoms with Crippen LogP contribution in [0.3, 0.4) is 0 Å². The SMILES string of the molecule is Cc1c(F)cc(C(=O)NC2CC2)cc1-c1ccc(C(=O)N(C(C)C)C(C)C)cc1. The molecule has 0 spiro atoms. The molecule has 29 heavy (non-hydrogen) atoms. The van der Waals surface area contributed by atoms with Crippen molar-refractivity contribution in [1.29, 1.82) is 0 Å². The van der Waals surface area contributed by atoms with E-state index in [-0.39, 0.29) is 29.9 Å². The summed E-state index contributed by atoms with van der Waals surface area (Å²) in [6.07, 6.45) is 1.96. The highest BCUT2D eigenvalue weighted by Gasteiger charge is 2.25. The topological polar surface area (TPSA) is 49.4 Å². The molecule has 0 atom stereocenters. The predicted molar refractivity (Wildman–Crippen MR) is 114 cm³/mol. The maximum atomic E-state index is 14.5. The molecular weight excluding hydrogens is 367 g/mol. The van der Waals surface area contributed by atoms with Crippen LogP contribution in [0.1, 0.15) is 66.8 Å². The Bertz CT molecular complexity index is 907. The molecule has 0 unspecified atom stereocenters. The lowest BCUT2D eigenvalue weighted by atomic mass is 9.96. The van der Waals surface area contributed by atoms with Gasteiger partial charge in [0.1, 0.15) is 5.82 Å². The maximum Gasteiger partial charge on any atom is 0.254 e. The monoisotopic (exact) mass is 396 g/mol. The molecule has 3 rings (SSSR count). The van der Waals surface area contributed by atoms with Crippen LogP contribution in [0.4, 0.5) is 4.39 Å². The zero-order chi connectivity index (χ0) is 21.3. The fraction of sp³-hybridized carbons (Fsp3) is 0.417. The van der Waals surface area contributed by atoms with Crippen molar-refractivity contribution in [2.24, 2.45) is 0 Å². The number of amides is 2. The molecule has 154 valence electrons. The van der Waals surface area contributed by atoms with Crippen molar-refractivity contribution in [2.45, 2.75) is 65.6 Å². The van der Waals surface area contributed by atoms with E-state index in [9.17, 15) is 14.0 Å². The average Bonchev–Trinajstić information content (AvgIpc) is 3.47. The van der Waals surface area contributed by atoms with Crippen LogP contribution in [-0.4, -0.2) is 34.8 Å². The van der Waals surface area contributed by atoms with Gasteiger partial charge in [-0.3, -0.25) is 9.59 Å². The quantitative estimate of drug-likeness (QED) is 0.751. The fourth-order valence-electron chi connectivity index (χ4n) is 3.61. The molecule has 4 nitrogen and oxygen atoms in total. The van der Waals surface area contributed by atoms with E-state index in [0.717, 1.165) is 18.4 Å². The molecule has 0 radical (unpaired) electrons. The lowest BCUT2D eigenvalue weighted by Crippen LogP contribution is -2.42. The fourth-order valence-corrected chi connectivity index (χ4v) is 3.61. The van der Waals surface area contributed by atoms with Crippen molar-refractivity contribution in [1.82, 2.24) is 10.2 Å². The zero-order valence-electron chi connectivity index (χ0n) is 17.8. The highest BCUT2D eigenvalue weighted by atomic mass is 19.1. The standard InChI is InChI=1S/C24H29FN2O2/c1-14(2)27(15(3)4)24(29)18-8-6-17(7-9-18)21-12-19(13-22(25)16(21)5)23(28)26-20-10-11-20/h6-9,12-15,20H,10-11H2,1-5H3,(H,26,28). The number of hydrogen-bond donors (Lipinski definition) is 1. The van der Waals surface area contributed by atoms with E-state index in [0.29, 0.717) is 22.3 Å². The molecule has 1 saturated carbocycles. The first-order valence-corrected chi connectivity index (χ1v) is 10.2. The normalized spacial score (nSPS) is 13.7. The van der Waals surface area contributed by atoms with Gasteiger partial charge in [-0.2, -0.15) is 0 Å². The van der Waals surface area contributed by atoms with Gasteiger partial charge >= 0.3 is 0 Å². The number of halogens is 1. The van der Waals surface area contributed by atoms with Crippen LogP contribution in [0, 0.1) is 12.7 Å². The van der Waals surface area contributed by atoms with Crippen LogP contribution >= 0.6 is 0 Å². The van der Waals surface area contributed by atoms with Crippen LogP contribution in [-0.2, 0) is 0 Å². The molecule has 0 aliphatic heterocycles. The number of nitrogens with one attached hydrogen (secondary N) is 1. The number of carbonyl (C=O) groups is 2. The molecule has 0 saturated heterocycles. The molecule has 1 fully saturated rings. The van der Waals surface area contributed by atoms with Gasteiger partial charge in [0.2, 0.25) is 0 Å². The molecule has 2 amide bonds. The van der Waals surface area contributed by atoms with E-state index >= 15 is 0 Å². The summed E-state index contributed by atoms with van der Waals surface area (Å²) in [4.78, 5) is 27.1. The summed E-state index contributed by atoms with van der Waals surface area (Å²) in [6, 6.07) is 10.6. The minimum absolute atomic E-state index is 0.0259. The summed E-state index contributed by atoms with van der Waals surface area (Å²) in [5.74, 6) is -0.680. The summed E-state index contributed by atoms with van der Waals surface area (Å²) < 4.78 is 14.5. The highest BCUT2D eigenvalue weighted by molar-refractivity contribution is 5.97. The van der Waals surface area contributed by atoms with E-state index in [2.05, 4.69) is 5.32 Å². The molecule has 2 aromatic rings. The minimum atomic E-state index is -0.408. The molecule has 5 heteroatoms. The number of rotatable bonds is 6. The predicted octanol–water partition coefficient (Wildman–Crippen LogP) is 4.95. The third kappa shape index (κ3) is 4.66. The van der Waals surface area contributed by atoms with Crippen molar-refractivity contribution in [3.8, 4) is 11.1 Å². The number of hydrogen-bond acceptors (Lipinski definition) is 2. The summed E-state index contributed by atoms with van der Waals surface area (Å²) in [5, 5.41) is 2.90. The van der Waals surface area contributed by atoms with Gasteiger partial charge in [-0.25, -0.2) is 4.39 Å². The van der Waals surface area contributed by atoms with E-state index in [4.69, 9.17) is 0 Å². The Hall–Kier alpha value is -2.69. The Balaban J connectivity index is 1.90. The zero-order valence-corrected chi connectivity index (χ0v) is 17.8. The van der Waals surface area contributed by atoms with E-state index in [1.807, 2.05) is 44.7 Å². The maximum absolute atomic E-state index is 14.5. The third-order valence-corrected chi connectivity index (χ3v) is 5.31. The van der Waals surface area contributed by atoms with E-state index in [1.54, 1.807) is 25.1 Å². The van der Waals surface area contributed by atoms with Crippen molar-refractivity contribution in [2.75, 3.05) is 0 Å². The first-order chi connectivity index (χ1) is 13.7. The highest BCUT2D eigenvalue weighted by Crippen LogP contribution is 2.28. The van der Waals surface area contributed by atoms with Gasteiger partial charge in [0.05, 0.1) is 0 Å². The van der Waals surface area contributed by atoms with E-state index < -0.39 is 5.82 Å². The first kappa shape index (κ1) is 21.0. The summed E-state index contributed by atoms with van der Waals surface area (Å²) in [6.45, 7) is 9.69. The molecule has 0 aromatic heterocycles. The molecule has 1 aliphatic carbocycles. The summed E-state index contributed by atoms with van der Waals surface area (Å²) in [7, 11) is 0. The Morgan fingerprint density at radius 2 is 1.59 bits per heavy atom. The lowest BCUT2D eigenvalue weighted by Gasteiger charge is -2.30. The molecule has 2 aromatic carbocycles. The summed E-state index contributed by atoms with van der Waals surface area (Å²) >= 11 is 0. The number of nitrogens with zero attached hydrogens (tertiary/aromatic N) is 1. The number of carbonyl (C=O) groups excluding carboxylic acids is 2. The Morgan fingerprint density at radius 3 is 2.10 bits per heavy atom. The lowest BCUT2D eigenvalue weighted by molar-refractivity contribution is 0.0643. The van der Waals surface area contributed by atoms with Gasteiger partial charge < -0.3 is 10.2 Å². The number of benzene rings is 2. The van der Waals surface area contributed by atoms with Crippen LogP contribution in [0.25, 0.3) is 11.1 Å². The smallest absolute Gasteiger partial charge is 0.254 e. The third-order valence-electron chi connectivity index (χ3n) is 5.31. The van der Waals surface area contributed by atoms with Gasteiger partial charge in [0, 0.05) is 29.3 Å². The first-order valence-electron chi connectivity index (χ1n) is 10.2. The Labute approximate surface area is 172 Å². The van der Waals surface area contributed by atoms with Crippen molar-refractivity contribution >= 4 is 11.8 Å². The van der Waals surface area contributed by atoms with Gasteiger partial charge in [0.15, 0.2) is 0 Å². The van der Waals surface area contributed by atoms with Gasteiger partial charge in [-0.05, 0) is 88.4 Å². The Morgan fingerprint density at radius 1 is 1.00 bits per heavy atom. The molecule has 1 N–H and O–H groups in total. The summed E-state index contributed by atoms with van der Waals surface area (Å²) in [5.41, 5.74) is 2.84. The minimum Gasteiger partial charge on any atom is -0.349 e. The van der Waals surface area contributed by atoms with Crippen LogP contribution in [0.2, 0.25) is 0 Å². The van der Waals surface area contributed by atoms with Gasteiger partial charge in [-0.15, -0.1) is 0 Å². The Kier molecular flexibility index (Phi) is 6.06. The molecule has 0 heterocycles. The van der Waals surface area contributed by atoms with Crippen LogP contribution in [0.5, 0.6) is 0 Å².